The normalized spacial score (nSPS) is 22.4. The first-order chi connectivity index (χ1) is 21.7. The predicted molar refractivity (Wildman–Crippen MR) is 168 cm³/mol. The Labute approximate surface area is 304 Å². The van der Waals surface area contributed by atoms with Gasteiger partial charge in [0.1, 0.15) is 27.7 Å². The van der Waals surface area contributed by atoms with E-state index in [0.717, 1.165) is 21.3 Å². The van der Waals surface area contributed by atoms with E-state index in [2.05, 4.69) is 26.1 Å². The van der Waals surface area contributed by atoms with Crippen LogP contribution in [0.1, 0.15) is 11.6 Å². The molecule has 3 fully saturated rings. The molecule has 0 radical (unpaired) electrons. The Kier molecular flexibility index (Phi) is 9.96. The van der Waals surface area contributed by atoms with Gasteiger partial charge in [-0.25, -0.2) is 14.5 Å². The van der Waals surface area contributed by atoms with Gasteiger partial charge in [0.05, 0.1) is 23.0 Å². The number of nitrogens with one attached hydrogen (secondary N) is 3. The van der Waals surface area contributed by atoms with Crippen LogP contribution in [0.15, 0.2) is 33.3 Å². The Hall–Kier alpha value is -2.33. The number of aliphatic carboxylic acids is 1. The average molecular weight is 731 g/mol. The zero-order valence-electron chi connectivity index (χ0n) is 24.0. The number of aromatic nitrogens is 2. The molecule has 2 unspecified atom stereocenters. The molecule has 2 bridgehead atoms. The number of carboxylic acid groups (broad SMARTS) is 1. The Balaban J connectivity index is 0.00000372. The number of rotatable bonds is 9. The number of nitrogens with zero attached hydrogens (tertiary/aromatic N) is 5. The summed E-state index contributed by atoms with van der Waals surface area (Å²) in [4.78, 5) is 68.5. The van der Waals surface area contributed by atoms with E-state index in [9.17, 15) is 34.2 Å². The number of thioether (sulfide) groups is 4. The minimum absolute atomic E-state index is 0. The molecule has 15 nitrogen and oxygen atoms in total. The SMILES string of the molecule is O=C([O-])C1=C(CSc2nncs2)CS[C@H]2C(NC(=O)C(NC(=O)N3CCNC3=O)c3cc4c(O)c(c3)N4C3SCCS3)C(=O)N12.[Na+]. The number of phenols is 1. The second kappa shape index (κ2) is 13.7. The zero-order chi connectivity index (χ0) is 31.4. The number of phenolic OH excluding ortho intramolecular Hbond substituents is 1. The van der Waals surface area contributed by atoms with Crippen LogP contribution in [0.3, 0.4) is 0 Å². The topological polar surface area (TPSA) is 200 Å². The number of benzene rings is 1. The van der Waals surface area contributed by atoms with Gasteiger partial charge in [-0.05, 0) is 23.3 Å². The van der Waals surface area contributed by atoms with Crippen molar-refractivity contribution in [3.8, 4) is 5.75 Å². The van der Waals surface area contributed by atoms with Crippen molar-refractivity contribution in [1.82, 2.24) is 35.9 Å². The van der Waals surface area contributed by atoms with Crippen molar-refractivity contribution in [3.05, 3.63) is 34.5 Å². The minimum atomic E-state index is -1.49. The second-order valence-corrected chi connectivity index (χ2v) is 16.1. The molecule has 8 rings (SSSR count). The number of hydrogen-bond acceptors (Lipinski definition) is 15. The van der Waals surface area contributed by atoms with E-state index in [4.69, 9.17) is 0 Å². The molecule has 3 atom stereocenters. The number of carbonyl (C=O) groups is 5. The summed E-state index contributed by atoms with van der Waals surface area (Å²) in [5.41, 5.74) is 3.22. The molecule has 4 N–H and O–H groups in total. The molecule has 46 heavy (non-hydrogen) atoms. The number of amides is 6. The fraction of sp³-hybridized carbons (Fsp3) is 0.400. The van der Waals surface area contributed by atoms with Crippen molar-refractivity contribution in [2.45, 2.75) is 26.5 Å². The van der Waals surface area contributed by atoms with Crippen LogP contribution < -0.4 is 55.5 Å². The monoisotopic (exact) mass is 730 g/mol. The Morgan fingerprint density at radius 1 is 1.15 bits per heavy atom. The van der Waals surface area contributed by atoms with E-state index in [1.54, 1.807) is 41.2 Å². The summed E-state index contributed by atoms with van der Waals surface area (Å²) in [5, 5.41) is 37.6. The molecular formula is C25H23N8NaO7S5. The largest absolute Gasteiger partial charge is 1.00 e. The zero-order valence-corrected chi connectivity index (χ0v) is 30.0. The van der Waals surface area contributed by atoms with Crippen molar-refractivity contribution in [3.63, 3.8) is 0 Å². The van der Waals surface area contributed by atoms with Crippen LogP contribution in [0, 0.1) is 0 Å². The van der Waals surface area contributed by atoms with Crippen molar-refractivity contribution in [2.24, 2.45) is 0 Å². The molecule has 2 aromatic rings. The Morgan fingerprint density at radius 2 is 1.89 bits per heavy atom. The first kappa shape index (κ1) is 33.6. The summed E-state index contributed by atoms with van der Waals surface area (Å²) in [7, 11) is 0. The summed E-state index contributed by atoms with van der Waals surface area (Å²) in [6.07, 6.45) is 0. The van der Waals surface area contributed by atoms with Crippen LogP contribution in [-0.2, 0) is 14.4 Å². The first-order valence-corrected chi connectivity index (χ1v) is 18.6. The maximum atomic E-state index is 13.8. The van der Waals surface area contributed by atoms with Gasteiger partial charge in [0.15, 0.2) is 10.1 Å². The Morgan fingerprint density at radius 3 is 2.52 bits per heavy atom. The van der Waals surface area contributed by atoms with Crippen molar-refractivity contribution < 1.29 is 63.7 Å². The molecule has 0 spiro atoms. The summed E-state index contributed by atoms with van der Waals surface area (Å²) < 4.78 is 0.731. The van der Waals surface area contributed by atoms with Gasteiger partial charge in [-0.1, -0.05) is 23.1 Å². The third-order valence-corrected chi connectivity index (χ3v) is 13.9. The number of hydrogen-bond donors (Lipinski definition) is 4. The van der Waals surface area contributed by atoms with Crippen LogP contribution in [0.25, 0.3) is 0 Å². The summed E-state index contributed by atoms with van der Waals surface area (Å²) in [6, 6.07) is -0.559. The van der Waals surface area contributed by atoms with E-state index < -0.39 is 47.3 Å². The molecule has 21 heteroatoms. The van der Waals surface area contributed by atoms with Gasteiger partial charge in [-0.2, -0.15) is 0 Å². The third-order valence-electron chi connectivity index (χ3n) is 7.64. The van der Waals surface area contributed by atoms with E-state index >= 15 is 0 Å². The number of imide groups is 1. The molecule has 236 valence electrons. The number of anilines is 2. The number of β-lactam (4-membered cyclic amide) rings is 1. The quantitative estimate of drug-likeness (QED) is 0.119. The van der Waals surface area contributed by atoms with Crippen LogP contribution in [0.4, 0.5) is 21.0 Å². The van der Waals surface area contributed by atoms with Gasteiger partial charge < -0.3 is 35.9 Å². The van der Waals surface area contributed by atoms with Gasteiger partial charge in [-0.15, -0.1) is 45.5 Å². The fourth-order valence-corrected chi connectivity index (χ4v) is 11.4. The number of aromatic hydroxyl groups is 1. The molecule has 6 aliphatic heterocycles. The van der Waals surface area contributed by atoms with Crippen LogP contribution >= 0.6 is 58.4 Å². The summed E-state index contributed by atoms with van der Waals surface area (Å²) in [6.45, 7) is 0.380. The molecular weight excluding hydrogens is 708 g/mol. The summed E-state index contributed by atoms with van der Waals surface area (Å²) in [5.74, 6) is -0.257. The average Bonchev–Trinajstić information content (AvgIpc) is 3.84. The number of urea groups is 2. The maximum absolute atomic E-state index is 13.8. The van der Waals surface area contributed by atoms with Crippen LogP contribution in [-0.4, -0.2) is 107 Å². The molecule has 1 aromatic carbocycles. The van der Waals surface area contributed by atoms with Crippen LogP contribution in [0.5, 0.6) is 5.75 Å². The standard InChI is InChI=1S/C25H24N8O7S5.Na/c34-17-12-5-10(6-13(17)32(12)25-41-3-4-42-25)14(29-23(40)31-2-1-26-22(31)39)18(35)28-15-19(36)33-16(21(37)38)11(7-43-20(15)33)8-44-24-30-27-9-45-24;/h5-6,9,14-15,20,25,34H,1-4,7-8H2,(H,26,39)(H,28,35)(H,29,40)(H,37,38);/q;+1/p-1/t14?,15?,20-;/m0./s1. The smallest absolute Gasteiger partial charge is 0.543 e. The molecule has 7 heterocycles. The fourth-order valence-electron chi connectivity index (χ4n) is 5.52. The second-order valence-electron chi connectivity index (χ2n) is 10.2. The van der Waals surface area contributed by atoms with Gasteiger partial charge in [0.25, 0.3) is 5.91 Å². The third kappa shape index (κ3) is 5.95. The number of carbonyl (C=O) groups excluding carboxylic acids is 5. The van der Waals surface area contributed by atoms with Gasteiger partial charge in [-0.3, -0.25) is 14.5 Å². The van der Waals surface area contributed by atoms with E-state index in [-0.39, 0.29) is 70.3 Å². The van der Waals surface area contributed by atoms with Gasteiger partial charge in [0.2, 0.25) is 5.91 Å². The molecule has 1 aromatic heterocycles. The number of carboxylic acids is 1. The first-order valence-electron chi connectivity index (χ1n) is 13.6. The minimum Gasteiger partial charge on any atom is -0.543 e. The molecule has 6 aliphatic rings. The van der Waals surface area contributed by atoms with Gasteiger partial charge >= 0.3 is 41.6 Å². The maximum Gasteiger partial charge on any atom is 1.00 e. The Bertz CT molecular complexity index is 1620. The van der Waals surface area contributed by atoms with Crippen molar-refractivity contribution >= 4 is 99.6 Å². The predicted octanol–water partition coefficient (Wildman–Crippen LogP) is -2.57. The van der Waals surface area contributed by atoms with Crippen molar-refractivity contribution in [2.75, 3.05) is 41.0 Å². The van der Waals surface area contributed by atoms with Crippen LogP contribution in [0.2, 0.25) is 0 Å². The van der Waals surface area contributed by atoms with E-state index in [1.165, 1.54) is 34.9 Å². The molecule has 6 amide bonds. The van der Waals surface area contributed by atoms with E-state index in [0.29, 0.717) is 26.9 Å². The number of fused-ring (bicyclic) bond motifs is 3. The molecule has 0 saturated carbocycles. The van der Waals surface area contributed by atoms with Gasteiger partial charge in [0, 0.05) is 36.1 Å². The van der Waals surface area contributed by atoms with Crippen molar-refractivity contribution in [1.29, 1.82) is 0 Å². The summed E-state index contributed by atoms with van der Waals surface area (Å²) >= 11 is 7.40. The molecule has 0 aliphatic carbocycles. The van der Waals surface area contributed by atoms with E-state index in [1.807, 2.05) is 4.90 Å². The molecule has 3 saturated heterocycles.